The summed E-state index contributed by atoms with van der Waals surface area (Å²) >= 11 is 6.25. The zero-order valence-corrected chi connectivity index (χ0v) is 16.0. The van der Waals surface area contributed by atoms with Gasteiger partial charge in [-0.15, -0.1) is 0 Å². The van der Waals surface area contributed by atoms with Crippen LogP contribution in [-0.2, 0) is 22.3 Å². The molecule has 0 atom stereocenters. The van der Waals surface area contributed by atoms with E-state index in [1.54, 1.807) is 0 Å². The van der Waals surface area contributed by atoms with Crippen LogP contribution < -0.4 is 5.32 Å². The molecule has 0 aliphatic carbocycles. The normalized spacial score (nSPS) is 12.1. The molecule has 0 heterocycles. The van der Waals surface area contributed by atoms with Gasteiger partial charge in [0.1, 0.15) is 0 Å². The minimum Gasteiger partial charge on any atom is -0.453 e. The molecule has 1 aromatic carbocycles. The van der Waals surface area contributed by atoms with Gasteiger partial charge in [0.15, 0.2) is 8.32 Å². The van der Waals surface area contributed by atoms with Crippen LogP contribution in [0.3, 0.4) is 0 Å². The molecular weight excluding hydrogens is 318 g/mol. The largest absolute Gasteiger partial charge is 0.453 e. The molecule has 22 heavy (non-hydrogen) atoms. The van der Waals surface area contributed by atoms with Gasteiger partial charge in [-0.3, -0.25) is 0 Å². The van der Waals surface area contributed by atoms with Gasteiger partial charge in [-0.25, -0.2) is 4.79 Å². The van der Waals surface area contributed by atoms with E-state index in [4.69, 9.17) is 16.0 Å². The van der Waals surface area contributed by atoms with Crippen molar-refractivity contribution in [3.63, 3.8) is 0 Å². The number of ether oxygens (including phenoxy) is 1. The molecule has 6 heteroatoms. The molecule has 0 spiro atoms. The van der Waals surface area contributed by atoms with Crippen molar-refractivity contribution in [1.29, 1.82) is 0 Å². The first kappa shape index (κ1) is 19.0. The van der Waals surface area contributed by atoms with Gasteiger partial charge in [0.25, 0.3) is 0 Å². The number of carbonyl (C=O) groups is 1. The predicted molar refractivity (Wildman–Crippen MR) is 92.7 cm³/mol. The monoisotopic (exact) mass is 343 g/mol. The average Bonchev–Trinajstić information content (AvgIpc) is 2.43. The van der Waals surface area contributed by atoms with Crippen molar-refractivity contribution in [2.75, 3.05) is 7.11 Å². The molecule has 0 unspecified atom stereocenters. The lowest BCUT2D eigenvalue weighted by Crippen LogP contribution is -2.40. The third-order valence-electron chi connectivity index (χ3n) is 4.13. The number of hydrogen-bond acceptors (Lipinski definition) is 3. The number of amides is 1. The lowest BCUT2D eigenvalue weighted by molar-refractivity contribution is 0.170. The first-order valence-corrected chi connectivity index (χ1v) is 10.6. The molecular formula is C16H26ClNO3Si. The second-order valence-electron chi connectivity index (χ2n) is 6.82. The first-order valence-electron chi connectivity index (χ1n) is 7.30. The van der Waals surface area contributed by atoms with Crippen LogP contribution in [-0.4, -0.2) is 21.5 Å². The quantitative estimate of drug-likeness (QED) is 0.787. The summed E-state index contributed by atoms with van der Waals surface area (Å²) in [6, 6.07) is 5.68. The Labute approximate surface area is 139 Å². The molecule has 124 valence electrons. The van der Waals surface area contributed by atoms with Crippen LogP contribution in [0.15, 0.2) is 18.2 Å². The number of nitrogens with one attached hydrogen (secondary N) is 1. The molecule has 0 bridgehead atoms. The zero-order valence-electron chi connectivity index (χ0n) is 14.2. The highest BCUT2D eigenvalue weighted by Gasteiger charge is 2.37. The summed E-state index contributed by atoms with van der Waals surface area (Å²) in [6.07, 6.45) is -0.450. The van der Waals surface area contributed by atoms with Gasteiger partial charge >= 0.3 is 6.09 Å². The summed E-state index contributed by atoms with van der Waals surface area (Å²) < 4.78 is 10.8. The SMILES string of the molecule is COC(=O)NCc1ccc(Cl)c(CO[Si](C)(C)C(C)(C)C)c1. The van der Waals surface area contributed by atoms with Crippen molar-refractivity contribution in [1.82, 2.24) is 5.32 Å². The van der Waals surface area contributed by atoms with E-state index in [1.807, 2.05) is 18.2 Å². The van der Waals surface area contributed by atoms with E-state index in [0.717, 1.165) is 11.1 Å². The lowest BCUT2D eigenvalue weighted by Gasteiger charge is -2.36. The van der Waals surface area contributed by atoms with E-state index < -0.39 is 14.4 Å². The second kappa shape index (κ2) is 7.48. The fourth-order valence-electron chi connectivity index (χ4n) is 1.57. The second-order valence-corrected chi connectivity index (χ2v) is 12.0. The summed E-state index contributed by atoms with van der Waals surface area (Å²) in [6.45, 7) is 11.9. The van der Waals surface area contributed by atoms with Crippen molar-refractivity contribution in [2.24, 2.45) is 0 Å². The minimum atomic E-state index is -1.82. The van der Waals surface area contributed by atoms with Gasteiger partial charge in [0.05, 0.1) is 13.7 Å². The van der Waals surface area contributed by atoms with Gasteiger partial charge < -0.3 is 14.5 Å². The lowest BCUT2D eigenvalue weighted by atomic mass is 10.1. The highest BCUT2D eigenvalue weighted by atomic mass is 35.5. The van der Waals surface area contributed by atoms with E-state index in [1.165, 1.54) is 7.11 Å². The maximum absolute atomic E-state index is 11.1. The van der Waals surface area contributed by atoms with E-state index >= 15 is 0 Å². The summed E-state index contributed by atoms with van der Waals surface area (Å²) in [5, 5.41) is 3.49. The number of benzene rings is 1. The smallest absolute Gasteiger partial charge is 0.407 e. The highest BCUT2D eigenvalue weighted by Crippen LogP contribution is 2.37. The van der Waals surface area contributed by atoms with Gasteiger partial charge in [0.2, 0.25) is 0 Å². The fourth-order valence-corrected chi connectivity index (χ4v) is 2.69. The van der Waals surface area contributed by atoms with Gasteiger partial charge in [-0.05, 0) is 35.3 Å². The van der Waals surface area contributed by atoms with Crippen LogP contribution in [0.4, 0.5) is 4.79 Å². The molecule has 1 N–H and O–H groups in total. The predicted octanol–water partition coefficient (Wildman–Crippen LogP) is 4.72. The summed E-state index contributed by atoms with van der Waals surface area (Å²) in [5.41, 5.74) is 1.90. The Hall–Kier alpha value is -1.04. The number of carbonyl (C=O) groups excluding carboxylic acids is 1. The van der Waals surface area contributed by atoms with Crippen molar-refractivity contribution in [3.05, 3.63) is 34.3 Å². The standard InChI is InChI=1S/C16H26ClNO3Si/c1-16(2,3)22(5,6)21-11-13-9-12(7-8-14(13)17)10-18-15(19)20-4/h7-9H,10-11H2,1-6H3,(H,18,19). The number of alkyl carbamates (subject to hydrolysis) is 1. The summed E-state index contributed by atoms with van der Waals surface area (Å²) in [7, 11) is -0.476. The third-order valence-corrected chi connectivity index (χ3v) is 8.97. The molecule has 0 fully saturated rings. The molecule has 1 rings (SSSR count). The number of rotatable bonds is 5. The Bertz CT molecular complexity index is 527. The van der Waals surface area contributed by atoms with Crippen molar-refractivity contribution >= 4 is 26.0 Å². The molecule has 0 saturated carbocycles. The number of halogens is 1. The topological polar surface area (TPSA) is 47.6 Å². The van der Waals surface area contributed by atoms with Crippen LogP contribution in [0.5, 0.6) is 0 Å². The third kappa shape index (κ3) is 5.30. The zero-order chi connectivity index (χ0) is 17.0. The Morgan fingerprint density at radius 3 is 2.50 bits per heavy atom. The summed E-state index contributed by atoms with van der Waals surface area (Å²) in [4.78, 5) is 11.1. The van der Waals surface area contributed by atoms with Crippen LogP contribution in [0, 0.1) is 0 Å². The molecule has 0 radical (unpaired) electrons. The van der Waals surface area contributed by atoms with E-state index in [9.17, 15) is 4.79 Å². The van der Waals surface area contributed by atoms with Gasteiger partial charge in [0, 0.05) is 11.6 Å². The number of methoxy groups -OCH3 is 1. The van der Waals surface area contributed by atoms with E-state index in [-0.39, 0.29) is 5.04 Å². The molecule has 1 amide bonds. The minimum absolute atomic E-state index is 0.156. The maximum atomic E-state index is 11.1. The fraction of sp³-hybridized carbons (Fsp3) is 0.562. The van der Waals surface area contributed by atoms with Gasteiger partial charge in [-0.1, -0.05) is 44.5 Å². The maximum Gasteiger partial charge on any atom is 0.407 e. The Morgan fingerprint density at radius 2 is 1.95 bits per heavy atom. The van der Waals surface area contributed by atoms with Crippen LogP contribution in [0.25, 0.3) is 0 Å². The number of hydrogen-bond donors (Lipinski definition) is 1. The molecule has 4 nitrogen and oxygen atoms in total. The van der Waals surface area contributed by atoms with Crippen LogP contribution in [0.1, 0.15) is 31.9 Å². The van der Waals surface area contributed by atoms with Crippen molar-refractivity contribution in [2.45, 2.75) is 52.1 Å². The average molecular weight is 344 g/mol. The molecule has 0 saturated heterocycles. The molecule has 0 aliphatic heterocycles. The van der Waals surface area contributed by atoms with Crippen molar-refractivity contribution < 1.29 is 14.0 Å². The molecule has 0 aliphatic rings. The first-order chi connectivity index (χ1) is 10.1. The van der Waals surface area contributed by atoms with Crippen LogP contribution in [0.2, 0.25) is 23.2 Å². The Balaban J connectivity index is 2.76. The molecule has 1 aromatic rings. The highest BCUT2D eigenvalue weighted by molar-refractivity contribution is 6.74. The Kier molecular flexibility index (Phi) is 6.46. The van der Waals surface area contributed by atoms with E-state index in [0.29, 0.717) is 18.2 Å². The van der Waals surface area contributed by atoms with Gasteiger partial charge in [-0.2, -0.15) is 0 Å². The Morgan fingerprint density at radius 1 is 1.32 bits per heavy atom. The molecule has 0 aromatic heterocycles. The summed E-state index contributed by atoms with van der Waals surface area (Å²) in [5.74, 6) is 0. The van der Waals surface area contributed by atoms with E-state index in [2.05, 4.69) is 43.9 Å². The van der Waals surface area contributed by atoms with Crippen molar-refractivity contribution in [3.8, 4) is 0 Å². The van der Waals surface area contributed by atoms with Crippen LogP contribution >= 0.6 is 11.6 Å².